The van der Waals surface area contributed by atoms with E-state index in [9.17, 15) is 46.0 Å². The third kappa shape index (κ3) is 9.35. The summed E-state index contributed by atoms with van der Waals surface area (Å²) in [5.41, 5.74) is -1.49. The number of fused-ring (bicyclic) bond motifs is 2. The smallest absolute Gasteiger partial charge is 0.333 e. The summed E-state index contributed by atoms with van der Waals surface area (Å²) in [5.74, 6) is 1.23. The molecule has 4 aliphatic carbocycles. The van der Waals surface area contributed by atoms with Gasteiger partial charge < -0.3 is 10.6 Å². The van der Waals surface area contributed by atoms with Crippen LogP contribution in [0.5, 0.6) is 0 Å². The van der Waals surface area contributed by atoms with Crippen molar-refractivity contribution in [1.82, 2.24) is 38.9 Å². The van der Waals surface area contributed by atoms with Crippen LogP contribution < -0.4 is 33.1 Å². The molecule has 2 amide bonds. The fraction of sp³-hybridized carbons (Fsp3) is 0.636. The van der Waals surface area contributed by atoms with Crippen LogP contribution >= 0.6 is 0 Å². The Labute approximate surface area is 371 Å². The molecule has 0 bridgehead atoms. The number of hydrogen-bond donors (Lipinski definition) is 2. The predicted octanol–water partition coefficient (Wildman–Crippen LogP) is 3.58. The number of aromatic nitrogens is 6. The highest BCUT2D eigenvalue weighted by atomic mass is 32.2. The Morgan fingerprint density at radius 2 is 0.828 bits per heavy atom. The van der Waals surface area contributed by atoms with Gasteiger partial charge in [-0.2, -0.15) is 0 Å². The third-order valence-corrected chi connectivity index (χ3v) is 16.8. The summed E-state index contributed by atoms with van der Waals surface area (Å²) in [7, 11) is -1.80. The predicted molar refractivity (Wildman–Crippen MR) is 237 cm³/mol. The second-order valence-electron chi connectivity index (χ2n) is 18.4. The summed E-state index contributed by atoms with van der Waals surface area (Å²) in [5, 5.41) is 6.37. The highest BCUT2D eigenvalue weighted by Gasteiger charge is 2.36. The van der Waals surface area contributed by atoms with Gasteiger partial charge in [-0.15, -0.1) is 0 Å². The second-order valence-corrected chi connectivity index (χ2v) is 21.8. The van der Waals surface area contributed by atoms with Crippen molar-refractivity contribution in [1.29, 1.82) is 0 Å². The molecule has 4 saturated carbocycles. The first-order valence-corrected chi connectivity index (χ1v) is 25.8. The molecule has 0 unspecified atom stereocenters. The Morgan fingerprint density at radius 1 is 0.500 bits per heavy atom. The van der Waals surface area contributed by atoms with E-state index in [2.05, 4.69) is 20.6 Å². The molecule has 6 fully saturated rings. The molecule has 10 rings (SSSR count). The molecular weight excluding hydrogens is 871 g/mol. The number of nitrogens with one attached hydrogen (secondary N) is 2. The zero-order valence-electron chi connectivity index (χ0n) is 35.6. The maximum Gasteiger partial charge on any atom is 0.333 e. The second kappa shape index (κ2) is 18.6. The topological polar surface area (TPSA) is 206 Å². The van der Waals surface area contributed by atoms with Crippen molar-refractivity contribution in [2.24, 2.45) is 11.8 Å². The van der Waals surface area contributed by atoms with E-state index >= 15 is 0 Å². The number of amides is 2. The van der Waals surface area contributed by atoms with Crippen molar-refractivity contribution in [3.05, 3.63) is 77.8 Å². The number of carbonyl (C=O) groups is 2. The lowest BCUT2D eigenvalue weighted by molar-refractivity contribution is -0.124. The zero-order chi connectivity index (χ0) is 44.8. The molecule has 2 saturated heterocycles. The zero-order valence-corrected chi connectivity index (χ0v) is 37.2. The molecule has 0 radical (unpaired) electrons. The number of hydrogen-bond acceptors (Lipinski definition) is 10. The minimum Gasteiger partial charge on any atom is -0.353 e. The molecule has 16 nitrogen and oxygen atoms in total. The van der Waals surface area contributed by atoms with Crippen LogP contribution in [0.3, 0.4) is 0 Å². The maximum absolute atomic E-state index is 14.0. The van der Waals surface area contributed by atoms with Gasteiger partial charge in [0.1, 0.15) is 22.9 Å². The number of carbonyl (C=O) groups excluding carboxylic acids is 2. The van der Waals surface area contributed by atoms with E-state index in [-0.39, 0.29) is 82.0 Å². The lowest BCUT2D eigenvalue weighted by atomic mass is 9.90. The molecule has 6 heterocycles. The Morgan fingerprint density at radius 3 is 1.16 bits per heavy atom. The van der Waals surface area contributed by atoms with Gasteiger partial charge in [0.2, 0.25) is 11.8 Å². The van der Waals surface area contributed by atoms with Crippen LogP contribution in [0.1, 0.15) is 127 Å². The summed E-state index contributed by atoms with van der Waals surface area (Å²) >= 11 is 0. The average molecular weight is 925 g/mol. The van der Waals surface area contributed by atoms with E-state index < -0.39 is 55.7 Å². The molecule has 0 atom stereocenters. The Kier molecular flexibility index (Phi) is 13.0. The molecule has 64 heavy (non-hydrogen) atoms. The van der Waals surface area contributed by atoms with Crippen molar-refractivity contribution in [3.63, 3.8) is 0 Å². The van der Waals surface area contributed by atoms with Crippen LogP contribution in [0.25, 0.3) is 22.1 Å². The normalized spacial score (nSPS) is 28.5. The van der Waals surface area contributed by atoms with Crippen molar-refractivity contribution in [2.75, 3.05) is 23.0 Å². The van der Waals surface area contributed by atoms with E-state index in [4.69, 9.17) is 0 Å². The summed E-state index contributed by atoms with van der Waals surface area (Å²) in [6.07, 6.45) is 13.2. The number of pyridine rings is 2. The molecule has 20 heteroatoms. The number of halogens is 2. The number of rotatable bonds is 8. The van der Waals surface area contributed by atoms with Crippen molar-refractivity contribution >= 4 is 55.5 Å². The molecule has 2 aliphatic heterocycles. The standard InChI is InChI=1S/2C22H27FN4O4S/c2*23-14-11-18-19(24-12-14)26(17-7-9-32(31)10-8-17)22(30)27(21(18)29)16-5-3-15(4-6-16)25-20(28)13-1-2-13/h2*11-13,15-17H,1-10H2,(H,25,28). The molecule has 0 spiro atoms. The molecular formula is C44H54F2N8O8S2. The molecule has 344 valence electrons. The largest absolute Gasteiger partial charge is 0.353 e. The SMILES string of the molecule is O=C(NC1CCC(n2c(=O)c3cc(F)cnc3n(C3CCS(=O)CC3)c2=O)CC1)C1CC1.O=C(NC1CCC(n2c(=O)c3cc(F)cnc3n(C3CCS(=O)CC3)c2=O)CC1)C1CC1. The van der Waals surface area contributed by atoms with Gasteiger partial charge in [-0.25, -0.2) is 28.3 Å². The highest BCUT2D eigenvalue weighted by molar-refractivity contribution is 7.85. The first kappa shape index (κ1) is 44.5. The van der Waals surface area contributed by atoms with E-state index in [1.807, 2.05) is 0 Å². The van der Waals surface area contributed by atoms with Crippen molar-refractivity contribution in [2.45, 2.75) is 139 Å². The van der Waals surface area contributed by atoms with Crippen LogP contribution in [-0.2, 0) is 31.2 Å². The van der Waals surface area contributed by atoms with Crippen molar-refractivity contribution < 1.29 is 26.8 Å². The Balaban J connectivity index is 0.000000162. The van der Waals surface area contributed by atoms with Gasteiger partial charge in [0.25, 0.3) is 11.1 Å². The Hall–Kier alpha value is -4.72. The van der Waals surface area contributed by atoms with E-state index in [1.54, 1.807) is 0 Å². The maximum atomic E-state index is 14.0. The Bertz CT molecular complexity index is 2560. The van der Waals surface area contributed by atoms with E-state index in [0.29, 0.717) is 100 Å². The lowest BCUT2D eigenvalue weighted by Gasteiger charge is -2.31. The highest BCUT2D eigenvalue weighted by Crippen LogP contribution is 2.34. The molecule has 6 aliphatic rings. The van der Waals surface area contributed by atoms with Gasteiger partial charge in [-0.3, -0.25) is 45.9 Å². The summed E-state index contributed by atoms with van der Waals surface area (Å²) < 4.78 is 57.2. The molecule has 2 N–H and O–H groups in total. The minimum atomic E-state index is -0.900. The van der Waals surface area contributed by atoms with Gasteiger partial charge in [-0.1, -0.05) is 0 Å². The monoisotopic (exact) mass is 924 g/mol. The summed E-state index contributed by atoms with van der Waals surface area (Å²) in [4.78, 5) is 86.0. The van der Waals surface area contributed by atoms with Crippen LogP contribution in [0.15, 0.2) is 43.7 Å². The lowest BCUT2D eigenvalue weighted by Crippen LogP contribution is -2.47. The quantitative estimate of drug-likeness (QED) is 0.263. The van der Waals surface area contributed by atoms with Crippen LogP contribution in [0.2, 0.25) is 0 Å². The van der Waals surface area contributed by atoms with Crippen LogP contribution in [0, 0.1) is 23.5 Å². The van der Waals surface area contributed by atoms with Crippen LogP contribution in [0.4, 0.5) is 8.78 Å². The first-order chi connectivity index (χ1) is 30.8. The van der Waals surface area contributed by atoms with Gasteiger partial charge in [0, 0.05) is 92.7 Å². The first-order valence-electron chi connectivity index (χ1n) is 22.8. The van der Waals surface area contributed by atoms with Crippen LogP contribution in [-0.4, -0.2) is 83.6 Å². The molecule has 4 aromatic heterocycles. The fourth-order valence-electron chi connectivity index (χ4n) is 10.1. The summed E-state index contributed by atoms with van der Waals surface area (Å²) in [6.45, 7) is 0. The van der Waals surface area contributed by atoms with Gasteiger partial charge in [0.15, 0.2) is 0 Å². The van der Waals surface area contributed by atoms with Crippen molar-refractivity contribution in [3.8, 4) is 0 Å². The average Bonchev–Trinajstić information content (AvgIpc) is 4.22. The van der Waals surface area contributed by atoms with Gasteiger partial charge in [0.05, 0.1) is 23.2 Å². The minimum absolute atomic E-state index is 0.0603. The van der Waals surface area contributed by atoms with Gasteiger partial charge >= 0.3 is 11.4 Å². The van der Waals surface area contributed by atoms with E-state index in [1.165, 1.54) is 18.3 Å². The third-order valence-electron chi connectivity index (χ3n) is 14.0. The van der Waals surface area contributed by atoms with E-state index in [0.717, 1.165) is 50.2 Å². The number of nitrogens with zero attached hydrogens (tertiary/aromatic N) is 6. The van der Waals surface area contributed by atoms with Gasteiger partial charge in [-0.05, 0) is 115 Å². The summed E-state index contributed by atoms with van der Waals surface area (Å²) in [6, 6.07) is 1.37. The molecule has 4 aromatic rings. The fourth-order valence-corrected chi connectivity index (χ4v) is 12.6. The molecule has 0 aromatic carbocycles.